The number of amides is 1. The Labute approximate surface area is 183 Å². The number of hydrogen-bond donors (Lipinski definition) is 1. The summed E-state index contributed by atoms with van der Waals surface area (Å²) in [6, 6.07) is 13.9. The Balaban J connectivity index is 1.34. The monoisotopic (exact) mass is 426 g/mol. The minimum Gasteiger partial charge on any atom is -0.493 e. The van der Waals surface area contributed by atoms with E-state index in [1.807, 2.05) is 17.8 Å². The Morgan fingerprint density at radius 3 is 2.50 bits per heavy atom. The van der Waals surface area contributed by atoms with Gasteiger partial charge in [0.1, 0.15) is 0 Å². The molecular formula is C24H30N2O3S. The van der Waals surface area contributed by atoms with Crippen LogP contribution in [0.2, 0.25) is 0 Å². The van der Waals surface area contributed by atoms with Crippen LogP contribution < -0.4 is 19.7 Å². The molecule has 2 aromatic carbocycles. The zero-order valence-corrected chi connectivity index (χ0v) is 18.4. The van der Waals surface area contributed by atoms with Gasteiger partial charge in [-0.1, -0.05) is 12.1 Å². The van der Waals surface area contributed by atoms with E-state index in [0.717, 1.165) is 31.5 Å². The molecule has 1 heterocycles. The SMILES string of the molecule is COc1cc(C(=O)NCc2ccc(N3CCSCC3)cc2)ccc1OC1CCCC1. The van der Waals surface area contributed by atoms with Gasteiger partial charge in [-0.2, -0.15) is 11.8 Å². The van der Waals surface area contributed by atoms with E-state index in [-0.39, 0.29) is 12.0 Å². The standard InChI is InChI=1S/C24H30N2O3S/c1-28-23-16-19(8-11-22(23)29-21-4-2-3-5-21)24(27)25-17-18-6-9-20(10-7-18)26-12-14-30-15-13-26/h6-11,16,21H,2-5,12-15,17H2,1H3,(H,25,27). The lowest BCUT2D eigenvalue weighted by atomic mass is 10.1. The highest BCUT2D eigenvalue weighted by Crippen LogP contribution is 2.32. The van der Waals surface area contributed by atoms with Crippen LogP contribution in [0.4, 0.5) is 5.69 Å². The highest BCUT2D eigenvalue weighted by atomic mass is 32.2. The average molecular weight is 427 g/mol. The number of thioether (sulfide) groups is 1. The van der Waals surface area contributed by atoms with Crippen LogP contribution in [0.3, 0.4) is 0 Å². The summed E-state index contributed by atoms with van der Waals surface area (Å²) in [7, 11) is 1.61. The zero-order valence-electron chi connectivity index (χ0n) is 17.6. The van der Waals surface area contributed by atoms with Gasteiger partial charge in [0, 0.05) is 42.4 Å². The van der Waals surface area contributed by atoms with Gasteiger partial charge in [-0.15, -0.1) is 0 Å². The van der Waals surface area contributed by atoms with Gasteiger partial charge < -0.3 is 19.7 Å². The first-order valence-corrected chi connectivity index (χ1v) is 11.9. The fourth-order valence-corrected chi connectivity index (χ4v) is 4.93. The second-order valence-electron chi connectivity index (χ2n) is 7.84. The smallest absolute Gasteiger partial charge is 0.251 e. The molecule has 1 saturated heterocycles. The van der Waals surface area contributed by atoms with Gasteiger partial charge in [-0.25, -0.2) is 0 Å². The number of hydrogen-bond acceptors (Lipinski definition) is 5. The number of nitrogens with zero attached hydrogens (tertiary/aromatic N) is 1. The first-order chi connectivity index (χ1) is 14.7. The molecule has 4 rings (SSSR count). The number of benzene rings is 2. The molecular weight excluding hydrogens is 396 g/mol. The number of carbonyl (C=O) groups is 1. The van der Waals surface area contributed by atoms with Crippen molar-refractivity contribution < 1.29 is 14.3 Å². The summed E-state index contributed by atoms with van der Waals surface area (Å²) >= 11 is 2.01. The summed E-state index contributed by atoms with van der Waals surface area (Å²) in [5.74, 6) is 3.58. The van der Waals surface area contributed by atoms with Crippen LogP contribution in [0.5, 0.6) is 11.5 Å². The predicted molar refractivity (Wildman–Crippen MR) is 123 cm³/mol. The molecule has 1 amide bonds. The fourth-order valence-electron chi connectivity index (χ4n) is 4.02. The molecule has 0 unspecified atom stereocenters. The lowest BCUT2D eigenvalue weighted by molar-refractivity contribution is 0.0950. The summed E-state index contributed by atoms with van der Waals surface area (Å²) in [4.78, 5) is 15.1. The van der Waals surface area contributed by atoms with Crippen molar-refractivity contribution in [2.75, 3.05) is 36.6 Å². The van der Waals surface area contributed by atoms with E-state index in [9.17, 15) is 4.79 Å². The lowest BCUT2D eigenvalue weighted by Gasteiger charge is -2.28. The summed E-state index contributed by atoms with van der Waals surface area (Å²) < 4.78 is 11.5. The van der Waals surface area contributed by atoms with Gasteiger partial charge in [0.2, 0.25) is 0 Å². The summed E-state index contributed by atoms with van der Waals surface area (Å²) in [6.07, 6.45) is 4.85. The number of ether oxygens (including phenoxy) is 2. The minimum absolute atomic E-state index is 0.113. The molecule has 2 aromatic rings. The molecule has 30 heavy (non-hydrogen) atoms. The van der Waals surface area contributed by atoms with Crippen molar-refractivity contribution in [1.82, 2.24) is 5.32 Å². The predicted octanol–water partition coefficient (Wildman–Crippen LogP) is 4.50. The van der Waals surface area contributed by atoms with Gasteiger partial charge in [0.05, 0.1) is 13.2 Å². The normalized spacial score (nSPS) is 17.0. The molecule has 1 saturated carbocycles. The Kier molecular flexibility index (Phi) is 7.05. The van der Waals surface area contributed by atoms with E-state index in [4.69, 9.17) is 9.47 Å². The third-order valence-electron chi connectivity index (χ3n) is 5.79. The van der Waals surface area contributed by atoms with Crippen LogP contribution in [0.15, 0.2) is 42.5 Å². The van der Waals surface area contributed by atoms with Gasteiger partial charge in [-0.3, -0.25) is 4.79 Å². The van der Waals surface area contributed by atoms with Crippen LogP contribution in [0.25, 0.3) is 0 Å². The lowest BCUT2D eigenvalue weighted by Crippen LogP contribution is -2.32. The largest absolute Gasteiger partial charge is 0.493 e. The number of carbonyl (C=O) groups excluding carboxylic acids is 1. The Morgan fingerprint density at radius 1 is 1.07 bits per heavy atom. The quantitative estimate of drug-likeness (QED) is 0.706. The van der Waals surface area contributed by atoms with Crippen molar-refractivity contribution in [2.24, 2.45) is 0 Å². The first kappa shape index (κ1) is 20.9. The molecule has 160 valence electrons. The number of nitrogens with one attached hydrogen (secondary N) is 1. The van der Waals surface area contributed by atoms with Crippen LogP contribution in [-0.2, 0) is 6.54 Å². The molecule has 0 bridgehead atoms. The van der Waals surface area contributed by atoms with Gasteiger partial charge >= 0.3 is 0 Å². The van der Waals surface area contributed by atoms with Crippen LogP contribution >= 0.6 is 11.8 Å². The summed E-state index contributed by atoms with van der Waals surface area (Å²) in [5.41, 5.74) is 2.92. The Morgan fingerprint density at radius 2 is 1.80 bits per heavy atom. The van der Waals surface area contributed by atoms with Crippen molar-refractivity contribution in [2.45, 2.75) is 38.3 Å². The zero-order chi connectivity index (χ0) is 20.8. The van der Waals surface area contributed by atoms with Crippen LogP contribution in [0.1, 0.15) is 41.6 Å². The molecule has 5 nitrogen and oxygen atoms in total. The van der Waals surface area contributed by atoms with E-state index in [2.05, 4.69) is 34.5 Å². The van der Waals surface area contributed by atoms with E-state index in [0.29, 0.717) is 23.6 Å². The number of rotatable bonds is 7. The molecule has 0 atom stereocenters. The third kappa shape index (κ3) is 5.22. The second-order valence-corrected chi connectivity index (χ2v) is 9.06. The number of methoxy groups -OCH3 is 1. The molecule has 1 aliphatic heterocycles. The molecule has 0 radical (unpaired) electrons. The van der Waals surface area contributed by atoms with Crippen molar-refractivity contribution in [3.8, 4) is 11.5 Å². The average Bonchev–Trinajstić information content (AvgIpc) is 3.32. The molecule has 1 N–H and O–H groups in total. The number of anilines is 1. The summed E-state index contributed by atoms with van der Waals surface area (Å²) in [5, 5.41) is 3.01. The maximum atomic E-state index is 12.6. The minimum atomic E-state index is -0.113. The second kappa shape index (κ2) is 10.1. The van der Waals surface area contributed by atoms with E-state index in [1.54, 1.807) is 19.2 Å². The van der Waals surface area contributed by atoms with Crippen LogP contribution in [0, 0.1) is 0 Å². The molecule has 2 aliphatic rings. The van der Waals surface area contributed by atoms with Crippen molar-refractivity contribution in [3.63, 3.8) is 0 Å². The summed E-state index contributed by atoms with van der Waals surface area (Å²) in [6.45, 7) is 2.70. The molecule has 0 spiro atoms. The third-order valence-corrected chi connectivity index (χ3v) is 6.73. The fraction of sp³-hybridized carbons (Fsp3) is 0.458. The van der Waals surface area contributed by atoms with Gasteiger partial charge in [0.25, 0.3) is 5.91 Å². The van der Waals surface area contributed by atoms with Crippen molar-refractivity contribution in [3.05, 3.63) is 53.6 Å². The van der Waals surface area contributed by atoms with E-state index in [1.165, 1.54) is 30.0 Å². The maximum Gasteiger partial charge on any atom is 0.251 e. The van der Waals surface area contributed by atoms with Crippen LogP contribution in [-0.4, -0.2) is 43.7 Å². The molecule has 0 aromatic heterocycles. The van der Waals surface area contributed by atoms with E-state index < -0.39 is 0 Å². The Bertz CT molecular complexity index is 844. The Hall–Kier alpha value is -2.34. The molecule has 6 heteroatoms. The van der Waals surface area contributed by atoms with Crippen molar-refractivity contribution >= 4 is 23.4 Å². The molecule has 2 fully saturated rings. The molecule has 1 aliphatic carbocycles. The highest BCUT2D eigenvalue weighted by Gasteiger charge is 2.19. The van der Waals surface area contributed by atoms with Crippen molar-refractivity contribution in [1.29, 1.82) is 0 Å². The van der Waals surface area contributed by atoms with Gasteiger partial charge in [-0.05, 0) is 61.6 Å². The van der Waals surface area contributed by atoms with Gasteiger partial charge in [0.15, 0.2) is 11.5 Å². The van der Waals surface area contributed by atoms with E-state index >= 15 is 0 Å². The topological polar surface area (TPSA) is 50.8 Å². The first-order valence-electron chi connectivity index (χ1n) is 10.8. The highest BCUT2D eigenvalue weighted by molar-refractivity contribution is 7.99. The maximum absolute atomic E-state index is 12.6.